The summed E-state index contributed by atoms with van der Waals surface area (Å²) in [6.07, 6.45) is 0. The first-order valence-electron chi connectivity index (χ1n) is 7.46. The van der Waals surface area contributed by atoms with Crippen LogP contribution in [0, 0.1) is 0 Å². The number of benzene rings is 1. The number of carbonyl (C=O) groups is 1. The summed E-state index contributed by atoms with van der Waals surface area (Å²) >= 11 is -2.36. The molecule has 0 spiro atoms. The van der Waals surface area contributed by atoms with Crippen LogP contribution in [0.25, 0.3) is 0 Å². The van der Waals surface area contributed by atoms with Crippen molar-refractivity contribution in [3.05, 3.63) is 29.3 Å². The molecule has 0 aliphatic rings. The quantitative estimate of drug-likeness (QED) is 0.574. The van der Waals surface area contributed by atoms with Crippen molar-refractivity contribution >= 4 is 36.0 Å². The summed E-state index contributed by atoms with van der Waals surface area (Å²) < 4.78 is 6.60. The van der Waals surface area contributed by atoms with Crippen LogP contribution >= 0.6 is 0 Å². The van der Waals surface area contributed by atoms with Crippen LogP contribution in [0.2, 0.25) is 40.5 Å². The number of aliphatic hydroxyl groups is 1. The van der Waals surface area contributed by atoms with Crippen LogP contribution in [0.15, 0.2) is 18.2 Å². The van der Waals surface area contributed by atoms with Gasteiger partial charge in [0, 0.05) is 0 Å². The minimum atomic E-state index is -2.36. The molecule has 0 heterocycles. The van der Waals surface area contributed by atoms with Crippen LogP contribution in [0.1, 0.15) is 15.9 Å². The van der Waals surface area contributed by atoms with Gasteiger partial charge in [-0.15, -0.1) is 0 Å². The standard InChI is InChI=1S/C13H19O3Si.3CH3.Sn/c1-17(2,3)9-8-16-13(15)12-6-4-11(10-14)5-7-12;;;;/h4,6-7,14H,8-10H2,1-3H3;3*1H3;. The molecule has 0 fully saturated rings. The Morgan fingerprint density at radius 1 is 1.24 bits per heavy atom. The first kappa shape index (κ1) is 18.7. The molecular weight excluding hydrogens is 387 g/mol. The third-order valence-electron chi connectivity index (χ3n) is 3.41. The first-order chi connectivity index (χ1) is 9.54. The zero-order valence-corrected chi connectivity index (χ0v) is 18.0. The Morgan fingerprint density at radius 2 is 1.86 bits per heavy atom. The first-order valence-corrected chi connectivity index (χ1v) is 21.2. The number of aliphatic hydroxyl groups excluding tert-OH is 1. The molecule has 0 saturated carbocycles. The van der Waals surface area contributed by atoms with Gasteiger partial charge in [0.2, 0.25) is 0 Å². The predicted molar refractivity (Wildman–Crippen MR) is 93.8 cm³/mol. The molecule has 21 heavy (non-hydrogen) atoms. The molecule has 3 nitrogen and oxygen atoms in total. The second kappa shape index (κ2) is 7.29. The van der Waals surface area contributed by atoms with Gasteiger partial charge < -0.3 is 0 Å². The monoisotopic (exact) mass is 416 g/mol. The van der Waals surface area contributed by atoms with Crippen molar-refractivity contribution in [2.24, 2.45) is 0 Å². The van der Waals surface area contributed by atoms with E-state index in [1.807, 2.05) is 12.1 Å². The van der Waals surface area contributed by atoms with E-state index in [0.717, 1.165) is 11.6 Å². The van der Waals surface area contributed by atoms with E-state index in [1.54, 1.807) is 6.07 Å². The van der Waals surface area contributed by atoms with E-state index >= 15 is 0 Å². The molecule has 0 amide bonds. The molecule has 1 N–H and O–H groups in total. The Bertz CT molecular complexity index is 501. The van der Waals surface area contributed by atoms with Gasteiger partial charge >= 0.3 is 134 Å². The predicted octanol–water partition coefficient (Wildman–Crippen LogP) is 3.22. The fourth-order valence-electron chi connectivity index (χ4n) is 2.07. The van der Waals surface area contributed by atoms with Crippen molar-refractivity contribution in [3.8, 4) is 0 Å². The summed E-state index contributed by atoms with van der Waals surface area (Å²) in [5.74, 6) is -0.241. The second-order valence-electron chi connectivity index (χ2n) is 7.73. The van der Waals surface area contributed by atoms with Crippen LogP contribution in [-0.4, -0.2) is 44.1 Å². The van der Waals surface area contributed by atoms with Gasteiger partial charge in [-0.2, -0.15) is 0 Å². The third kappa shape index (κ3) is 6.12. The summed E-state index contributed by atoms with van der Waals surface area (Å²) in [5, 5.41) is 9.46. The van der Waals surface area contributed by atoms with Crippen molar-refractivity contribution in [2.75, 3.05) is 6.61 Å². The molecular formula is C16H28O3SiSn. The van der Waals surface area contributed by atoms with Gasteiger partial charge in [-0.05, 0) is 0 Å². The summed E-state index contributed by atoms with van der Waals surface area (Å²) in [6, 6.07) is 6.56. The van der Waals surface area contributed by atoms with Gasteiger partial charge in [0.25, 0.3) is 0 Å². The van der Waals surface area contributed by atoms with Crippen LogP contribution in [-0.2, 0) is 11.3 Å². The van der Waals surface area contributed by atoms with E-state index in [2.05, 4.69) is 34.5 Å². The molecule has 0 radical (unpaired) electrons. The van der Waals surface area contributed by atoms with Crippen LogP contribution < -0.4 is 3.58 Å². The molecule has 0 bridgehead atoms. The Hall–Kier alpha value is -0.334. The molecule has 0 aliphatic carbocycles. The van der Waals surface area contributed by atoms with Gasteiger partial charge in [-0.1, -0.05) is 0 Å². The molecule has 0 atom stereocenters. The SMILES string of the molecule is C[Si](C)(C)CCOC(=O)c1ccc(CO)[c]([Sn]([CH3])([CH3])[CH3])c1. The maximum atomic E-state index is 12.2. The maximum absolute atomic E-state index is 12.2. The normalized spacial score (nSPS) is 12.3. The average Bonchev–Trinajstić information content (AvgIpc) is 2.35. The molecule has 5 heteroatoms. The zero-order valence-electron chi connectivity index (χ0n) is 14.1. The molecule has 1 aromatic rings. The Kier molecular flexibility index (Phi) is 6.49. The van der Waals surface area contributed by atoms with Crippen LogP contribution in [0.4, 0.5) is 0 Å². The Labute approximate surface area is 133 Å². The van der Waals surface area contributed by atoms with Gasteiger partial charge in [-0.25, -0.2) is 0 Å². The molecule has 0 aromatic heterocycles. The second-order valence-corrected chi connectivity index (χ2v) is 27.7. The van der Waals surface area contributed by atoms with Crippen molar-refractivity contribution in [2.45, 2.75) is 47.1 Å². The van der Waals surface area contributed by atoms with Gasteiger partial charge in [0.05, 0.1) is 0 Å². The van der Waals surface area contributed by atoms with Crippen molar-refractivity contribution in [3.63, 3.8) is 0 Å². The molecule has 118 valence electrons. The summed E-state index contributed by atoms with van der Waals surface area (Å²) in [6.45, 7) is 7.34. The topological polar surface area (TPSA) is 46.5 Å². The molecule has 1 aromatic carbocycles. The Morgan fingerprint density at radius 3 is 2.33 bits per heavy atom. The molecule has 0 saturated heterocycles. The van der Waals surface area contributed by atoms with E-state index in [9.17, 15) is 9.90 Å². The number of hydrogen-bond donors (Lipinski definition) is 1. The van der Waals surface area contributed by atoms with Crippen LogP contribution in [0.5, 0.6) is 0 Å². The number of ether oxygens (including phenoxy) is 1. The van der Waals surface area contributed by atoms with Gasteiger partial charge in [0.1, 0.15) is 0 Å². The summed E-state index contributed by atoms with van der Waals surface area (Å²) in [5.41, 5.74) is 1.57. The minimum absolute atomic E-state index is 0.0362. The van der Waals surface area contributed by atoms with Crippen molar-refractivity contribution in [1.29, 1.82) is 0 Å². The van der Waals surface area contributed by atoms with Crippen molar-refractivity contribution < 1.29 is 14.6 Å². The number of rotatable bonds is 6. The van der Waals surface area contributed by atoms with Crippen molar-refractivity contribution in [1.82, 2.24) is 0 Å². The van der Waals surface area contributed by atoms with E-state index in [0.29, 0.717) is 12.2 Å². The fraction of sp³-hybridized carbons (Fsp3) is 0.562. The van der Waals surface area contributed by atoms with Crippen LogP contribution in [0.3, 0.4) is 0 Å². The average molecular weight is 415 g/mol. The van der Waals surface area contributed by atoms with Gasteiger partial charge in [0.15, 0.2) is 0 Å². The Balaban J connectivity index is 2.86. The van der Waals surface area contributed by atoms with E-state index in [-0.39, 0.29) is 12.6 Å². The molecule has 0 aliphatic heterocycles. The van der Waals surface area contributed by atoms with E-state index in [4.69, 9.17) is 4.74 Å². The number of carbonyl (C=O) groups excluding carboxylic acids is 1. The molecule has 1 rings (SSSR count). The summed E-state index contributed by atoms with van der Waals surface area (Å²) in [7, 11) is -1.18. The van der Waals surface area contributed by atoms with Gasteiger partial charge in [-0.3, -0.25) is 0 Å². The number of esters is 1. The molecule has 0 unspecified atom stereocenters. The van der Waals surface area contributed by atoms with E-state index < -0.39 is 26.5 Å². The summed E-state index contributed by atoms with van der Waals surface area (Å²) in [4.78, 5) is 19.0. The van der Waals surface area contributed by atoms with E-state index in [1.165, 1.54) is 3.58 Å². The third-order valence-corrected chi connectivity index (χ3v) is 11.1. The zero-order chi connectivity index (χ0) is 16.3. The fourth-order valence-corrected chi connectivity index (χ4v) is 7.68. The number of hydrogen-bond acceptors (Lipinski definition) is 3.